The van der Waals surface area contributed by atoms with Gasteiger partial charge in [0.2, 0.25) is 0 Å². The number of para-hydroxylation sites is 1. The van der Waals surface area contributed by atoms with E-state index in [1.807, 2.05) is 6.07 Å². The molecule has 4 rings (SSSR count). The highest BCUT2D eigenvalue weighted by molar-refractivity contribution is 6.03. The van der Waals surface area contributed by atoms with Crippen molar-refractivity contribution in [3.63, 3.8) is 0 Å². The van der Waals surface area contributed by atoms with E-state index in [4.69, 9.17) is 9.47 Å². The number of methoxy groups -OCH3 is 2. The van der Waals surface area contributed by atoms with Crippen molar-refractivity contribution >= 4 is 23.0 Å². The predicted octanol–water partition coefficient (Wildman–Crippen LogP) is 4.44. The van der Waals surface area contributed by atoms with Crippen molar-refractivity contribution < 1.29 is 14.3 Å². The summed E-state index contributed by atoms with van der Waals surface area (Å²) in [5.41, 5.74) is 4.44. The number of amides is 1. The summed E-state index contributed by atoms with van der Waals surface area (Å²) in [6.45, 7) is 0.938. The molecule has 148 valence electrons. The molecule has 0 aliphatic carbocycles. The van der Waals surface area contributed by atoms with Crippen molar-refractivity contribution in [3.05, 3.63) is 72.1 Å². The number of aryl methyl sites for hydroxylation is 1. The molecule has 0 unspecified atom stereocenters. The monoisotopic (exact) mass is 389 g/mol. The van der Waals surface area contributed by atoms with Gasteiger partial charge in [-0.25, -0.2) is 4.98 Å². The van der Waals surface area contributed by atoms with E-state index in [1.165, 1.54) is 11.3 Å². The summed E-state index contributed by atoms with van der Waals surface area (Å²) in [4.78, 5) is 19.3. The number of rotatable bonds is 5. The number of hydrogen-bond acceptors (Lipinski definition) is 5. The molecule has 2 aromatic carbocycles. The summed E-state index contributed by atoms with van der Waals surface area (Å²) in [6.07, 6.45) is 3.93. The topological polar surface area (TPSA) is 63.7 Å². The molecule has 0 spiro atoms. The van der Waals surface area contributed by atoms with Gasteiger partial charge in [0.15, 0.2) is 0 Å². The number of nitrogens with one attached hydrogen (secondary N) is 1. The van der Waals surface area contributed by atoms with Crippen LogP contribution in [0.25, 0.3) is 0 Å². The third-order valence-corrected chi connectivity index (χ3v) is 5.06. The van der Waals surface area contributed by atoms with E-state index >= 15 is 0 Å². The third-order valence-electron chi connectivity index (χ3n) is 5.06. The molecule has 0 radical (unpaired) electrons. The lowest BCUT2D eigenvalue weighted by atomic mass is 10.0. The number of nitrogens with zero attached hydrogens (tertiary/aromatic N) is 2. The number of carbonyl (C=O) groups excluding carboxylic acids is 1. The van der Waals surface area contributed by atoms with E-state index in [2.05, 4.69) is 39.5 Å². The molecule has 0 saturated carbocycles. The number of aromatic nitrogens is 1. The smallest absolute Gasteiger partial charge is 0.274 e. The van der Waals surface area contributed by atoms with E-state index in [0.717, 1.165) is 25.1 Å². The van der Waals surface area contributed by atoms with Crippen LogP contribution in [0.15, 0.2) is 60.8 Å². The molecule has 6 heteroatoms. The molecule has 3 aromatic rings. The molecule has 1 N–H and O–H groups in total. The zero-order valence-corrected chi connectivity index (χ0v) is 16.5. The Morgan fingerprint density at radius 3 is 2.69 bits per heavy atom. The van der Waals surface area contributed by atoms with Gasteiger partial charge in [0.1, 0.15) is 17.2 Å². The minimum Gasteiger partial charge on any atom is -0.497 e. The summed E-state index contributed by atoms with van der Waals surface area (Å²) < 4.78 is 10.5. The Morgan fingerprint density at radius 2 is 1.93 bits per heavy atom. The first-order valence-electron chi connectivity index (χ1n) is 9.54. The summed E-state index contributed by atoms with van der Waals surface area (Å²) in [5.74, 6) is 0.891. The van der Waals surface area contributed by atoms with Crippen LogP contribution in [0.5, 0.6) is 11.5 Å². The van der Waals surface area contributed by atoms with E-state index < -0.39 is 0 Å². The van der Waals surface area contributed by atoms with E-state index in [0.29, 0.717) is 22.9 Å². The second kappa shape index (κ2) is 8.22. The highest BCUT2D eigenvalue weighted by Crippen LogP contribution is 2.33. The molecule has 1 aliphatic heterocycles. The fraction of sp³-hybridized carbons (Fsp3) is 0.217. The predicted molar refractivity (Wildman–Crippen MR) is 114 cm³/mol. The van der Waals surface area contributed by atoms with Crippen LogP contribution in [0.3, 0.4) is 0 Å². The van der Waals surface area contributed by atoms with Crippen LogP contribution in [-0.2, 0) is 6.42 Å². The van der Waals surface area contributed by atoms with Crippen molar-refractivity contribution in [2.45, 2.75) is 12.8 Å². The van der Waals surface area contributed by atoms with Gasteiger partial charge in [-0.15, -0.1) is 0 Å². The van der Waals surface area contributed by atoms with Gasteiger partial charge in [0.25, 0.3) is 5.91 Å². The molecular weight excluding hydrogens is 366 g/mol. The fourth-order valence-corrected chi connectivity index (χ4v) is 3.57. The fourth-order valence-electron chi connectivity index (χ4n) is 3.57. The van der Waals surface area contributed by atoms with Crippen molar-refractivity contribution in [1.29, 1.82) is 0 Å². The van der Waals surface area contributed by atoms with Crippen molar-refractivity contribution in [2.75, 3.05) is 31.0 Å². The maximum atomic E-state index is 12.6. The van der Waals surface area contributed by atoms with Crippen molar-refractivity contribution in [3.8, 4) is 11.5 Å². The van der Waals surface area contributed by atoms with Gasteiger partial charge >= 0.3 is 0 Å². The van der Waals surface area contributed by atoms with E-state index in [1.54, 1.807) is 44.7 Å². The molecule has 0 bridgehead atoms. The highest BCUT2D eigenvalue weighted by Gasteiger charge is 2.19. The van der Waals surface area contributed by atoms with Crippen LogP contribution in [-0.4, -0.2) is 31.7 Å². The van der Waals surface area contributed by atoms with E-state index in [9.17, 15) is 4.79 Å². The van der Waals surface area contributed by atoms with E-state index in [-0.39, 0.29) is 5.91 Å². The van der Waals surface area contributed by atoms with Crippen LogP contribution >= 0.6 is 0 Å². The molecular formula is C23H23N3O3. The number of carbonyl (C=O) groups is 1. The number of anilines is 3. The lowest BCUT2D eigenvalue weighted by Crippen LogP contribution is -2.24. The van der Waals surface area contributed by atoms with Gasteiger partial charge in [-0.3, -0.25) is 4.79 Å². The Bertz CT molecular complexity index is 1020. The maximum Gasteiger partial charge on any atom is 0.274 e. The van der Waals surface area contributed by atoms with Gasteiger partial charge in [-0.2, -0.15) is 0 Å². The van der Waals surface area contributed by atoms with Gasteiger partial charge in [0.05, 0.1) is 31.8 Å². The number of hydrogen-bond donors (Lipinski definition) is 1. The molecule has 0 atom stereocenters. The summed E-state index contributed by atoms with van der Waals surface area (Å²) in [5, 5.41) is 2.85. The van der Waals surface area contributed by atoms with Gasteiger partial charge in [-0.1, -0.05) is 18.2 Å². The van der Waals surface area contributed by atoms with Crippen LogP contribution in [0.1, 0.15) is 22.5 Å². The first-order chi connectivity index (χ1) is 14.2. The first-order valence-corrected chi connectivity index (χ1v) is 9.54. The Balaban J connectivity index is 1.52. The zero-order chi connectivity index (χ0) is 20.2. The van der Waals surface area contributed by atoms with Crippen LogP contribution < -0.4 is 19.7 Å². The molecule has 6 nitrogen and oxygen atoms in total. The lowest BCUT2D eigenvalue weighted by Gasteiger charge is -2.31. The number of fused-ring (bicyclic) bond motifs is 1. The first kappa shape index (κ1) is 18.8. The average Bonchev–Trinajstić information content (AvgIpc) is 2.79. The Kier molecular flexibility index (Phi) is 5.33. The third kappa shape index (κ3) is 3.87. The second-order valence-electron chi connectivity index (χ2n) is 6.81. The normalized spacial score (nSPS) is 12.8. The van der Waals surface area contributed by atoms with Crippen molar-refractivity contribution in [1.82, 2.24) is 4.98 Å². The van der Waals surface area contributed by atoms with Crippen LogP contribution in [0.4, 0.5) is 17.1 Å². The molecule has 1 amide bonds. The van der Waals surface area contributed by atoms with Gasteiger partial charge in [-0.05, 0) is 48.7 Å². The van der Waals surface area contributed by atoms with Crippen LogP contribution in [0.2, 0.25) is 0 Å². The SMILES string of the molecule is COc1ccc(NC(=O)c2ccc(N3CCCc4ccccc43)cn2)c(OC)c1. The molecule has 1 aliphatic rings. The largest absolute Gasteiger partial charge is 0.497 e. The summed E-state index contributed by atoms with van der Waals surface area (Å²) in [6, 6.07) is 17.3. The molecule has 0 fully saturated rings. The van der Waals surface area contributed by atoms with Crippen molar-refractivity contribution in [2.24, 2.45) is 0 Å². The van der Waals surface area contributed by atoms with Crippen LogP contribution in [0, 0.1) is 0 Å². The number of pyridine rings is 1. The maximum absolute atomic E-state index is 12.6. The Hall–Kier alpha value is -3.54. The molecule has 2 heterocycles. The van der Waals surface area contributed by atoms with Gasteiger partial charge in [0, 0.05) is 18.3 Å². The zero-order valence-electron chi connectivity index (χ0n) is 16.5. The molecule has 0 saturated heterocycles. The average molecular weight is 389 g/mol. The standard InChI is InChI=1S/C23H23N3O3/c1-28-18-10-12-19(22(14-18)29-2)25-23(27)20-11-9-17(15-24-20)26-13-5-7-16-6-3-4-8-21(16)26/h3-4,6,8-12,14-15H,5,7,13H2,1-2H3,(H,25,27). The summed E-state index contributed by atoms with van der Waals surface area (Å²) in [7, 11) is 3.13. The highest BCUT2D eigenvalue weighted by atomic mass is 16.5. The number of ether oxygens (including phenoxy) is 2. The molecule has 29 heavy (non-hydrogen) atoms. The quantitative estimate of drug-likeness (QED) is 0.699. The summed E-state index contributed by atoms with van der Waals surface area (Å²) >= 11 is 0. The lowest BCUT2D eigenvalue weighted by molar-refractivity contribution is 0.102. The second-order valence-corrected chi connectivity index (χ2v) is 6.81. The Morgan fingerprint density at radius 1 is 1.07 bits per heavy atom. The minimum absolute atomic E-state index is 0.293. The molecule has 1 aromatic heterocycles. The number of benzene rings is 2. The Labute approximate surface area is 170 Å². The minimum atomic E-state index is -0.293. The van der Waals surface area contributed by atoms with Gasteiger partial charge < -0.3 is 19.7 Å².